The van der Waals surface area contributed by atoms with Crippen LogP contribution in [0.25, 0.3) is 5.32 Å². The van der Waals surface area contributed by atoms with Crippen molar-refractivity contribution in [2.24, 2.45) is 7.05 Å². The van der Waals surface area contributed by atoms with E-state index in [9.17, 15) is 4.79 Å². The molecular formula is C9H13N2OW-. The van der Waals surface area contributed by atoms with Crippen molar-refractivity contribution in [1.82, 2.24) is 4.57 Å². The Hall–Kier alpha value is -0.402. The summed E-state index contributed by atoms with van der Waals surface area (Å²) in [5.74, 6) is 0.105. The molecule has 0 fully saturated rings. The molecular weight excluding hydrogens is 336 g/mol. The zero-order chi connectivity index (χ0) is 9.14. The second-order valence-corrected chi connectivity index (χ2v) is 2.86. The number of carbonyl (C=O) groups is 1. The van der Waals surface area contributed by atoms with E-state index in [-0.39, 0.29) is 26.8 Å². The van der Waals surface area contributed by atoms with Gasteiger partial charge in [-0.15, -0.1) is 6.54 Å². The van der Waals surface area contributed by atoms with Gasteiger partial charge in [0.1, 0.15) is 0 Å². The first-order valence-electron chi connectivity index (χ1n) is 3.87. The van der Waals surface area contributed by atoms with E-state index >= 15 is 0 Å². The van der Waals surface area contributed by atoms with Gasteiger partial charge >= 0.3 is 0 Å². The van der Waals surface area contributed by atoms with Crippen molar-refractivity contribution >= 4 is 5.78 Å². The molecule has 13 heavy (non-hydrogen) atoms. The maximum atomic E-state index is 11.0. The summed E-state index contributed by atoms with van der Waals surface area (Å²) in [5, 5.41) is 4.01. The van der Waals surface area contributed by atoms with E-state index in [2.05, 4.69) is 5.32 Å². The van der Waals surface area contributed by atoms with Gasteiger partial charge < -0.3 is 9.88 Å². The summed E-state index contributed by atoms with van der Waals surface area (Å²) in [6, 6.07) is 1.88. The van der Waals surface area contributed by atoms with Gasteiger partial charge in [-0.3, -0.25) is 4.79 Å². The van der Waals surface area contributed by atoms with E-state index in [0.717, 1.165) is 11.3 Å². The number of hydrogen-bond donors (Lipinski definition) is 0. The summed E-state index contributed by atoms with van der Waals surface area (Å²) in [6.45, 7) is 2.24. The second-order valence-electron chi connectivity index (χ2n) is 2.86. The standard InChI is InChI=1S/C9H13N2O.W/c1-7(12)8-4-9(5-10-2)11(3)6-8;/h4,6H,5H2,1-3H3;/q-1;. The molecule has 1 rings (SSSR count). The number of aryl methyl sites for hydroxylation is 1. The predicted octanol–water partition coefficient (Wildman–Crippen LogP) is 1.73. The molecule has 0 saturated heterocycles. The van der Waals surface area contributed by atoms with Crippen molar-refractivity contribution < 1.29 is 25.9 Å². The van der Waals surface area contributed by atoms with Gasteiger partial charge in [-0.25, -0.2) is 0 Å². The van der Waals surface area contributed by atoms with E-state index in [4.69, 9.17) is 0 Å². The molecule has 0 aliphatic rings. The molecule has 1 heterocycles. The fraction of sp³-hybridized carbons (Fsp3) is 0.444. The number of aromatic nitrogens is 1. The fourth-order valence-corrected chi connectivity index (χ4v) is 1.12. The van der Waals surface area contributed by atoms with Crippen LogP contribution in [0.5, 0.6) is 0 Å². The maximum absolute atomic E-state index is 11.0. The van der Waals surface area contributed by atoms with Gasteiger partial charge in [0.15, 0.2) is 5.78 Å². The van der Waals surface area contributed by atoms with Crippen LogP contribution in [0.2, 0.25) is 0 Å². The normalized spacial score (nSPS) is 9.46. The van der Waals surface area contributed by atoms with Crippen LogP contribution in [-0.4, -0.2) is 17.4 Å². The Morgan fingerprint density at radius 3 is 2.62 bits per heavy atom. The second kappa shape index (κ2) is 5.35. The van der Waals surface area contributed by atoms with Gasteiger partial charge in [-0.1, -0.05) is 0 Å². The Balaban J connectivity index is 0.00000144. The molecule has 0 saturated carbocycles. The summed E-state index contributed by atoms with van der Waals surface area (Å²) < 4.78 is 1.93. The summed E-state index contributed by atoms with van der Waals surface area (Å²) in [5.41, 5.74) is 1.83. The Bertz CT molecular complexity index is 294. The molecule has 1 aromatic heterocycles. The van der Waals surface area contributed by atoms with E-state index in [0.29, 0.717) is 6.54 Å². The first-order valence-corrected chi connectivity index (χ1v) is 3.87. The van der Waals surface area contributed by atoms with Crippen LogP contribution in [0, 0.1) is 0 Å². The van der Waals surface area contributed by atoms with Gasteiger partial charge in [0.2, 0.25) is 0 Å². The van der Waals surface area contributed by atoms with Crippen LogP contribution >= 0.6 is 0 Å². The van der Waals surface area contributed by atoms with Crippen molar-refractivity contribution in [1.29, 1.82) is 0 Å². The van der Waals surface area contributed by atoms with Crippen molar-refractivity contribution in [3.63, 3.8) is 0 Å². The van der Waals surface area contributed by atoms with E-state index in [1.54, 1.807) is 14.0 Å². The maximum Gasteiger partial charge on any atom is 0.161 e. The molecule has 1 aromatic rings. The molecule has 0 spiro atoms. The topological polar surface area (TPSA) is 36.1 Å². The SMILES string of the molecule is C[N-]Cc1cc(C(C)=O)cn1C.[W]. The summed E-state index contributed by atoms with van der Waals surface area (Å²) in [7, 11) is 3.69. The third kappa shape index (κ3) is 3.09. The van der Waals surface area contributed by atoms with Crippen LogP contribution in [0.4, 0.5) is 0 Å². The minimum Gasteiger partial charge on any atom is -0.660 e. The quantitative estimate of drug-likeness (QED) is 0.766. The van der Waals surface area contributed by atoms with Crippen molar-refractivity contribution in [2.75, 3.05) is 7.05 Å². The van der Waals surface area contributed by atoms with Gasteiger partial charge in [0.05, 0.1) is 0 Å². The zero-order valence-corrected chi connectivity index (χ0v) is 11.0. The molecule has 3 nitrogen and oxygen atoms in total. The average Bonchev–Trinajstić information content (AvgIpc) is 2.34. The van der Waals surface area contributed by atoms with Crippen LogP contribution in [0.15, 0.2) is 12.3 Å². The monoisotopic (exact) mass is 349 g/mol. The van der Waals surface area contributed by atoms with Crippen LogP contribution in [0.3, 0.4) is 0 Å². The third-order valence-electron chi connectivity index (χ3n) is 1.83. The van der Waals surface area contributed by atoms with E-state index < -0.39 is 0 Å². The van der Waals surface area contributed by atoms with E-state index in [1.165, 1.54) is 0 Å². The molecule has 0 amide bonds. The fourth-order valence-electron chi connectivity index (χ4n) is 1.12. The largest absolute Gasteiger partial charge is 0.660 e. The van der Waals surface area contributed by atoms with Crippen LogP contribution < -0.4 is 0 Å². The minimum atomic E-state index is 0. The van der Waals surface area contributed by atoms with Gasteiger partial charge in [-0.2, -0.15) is 7.05 Å². The molecule has 72 valence electrons. The molecule has 4 heteroatoms. The number of hydrogen-bond acceptors (Lipinski definition) is 1. The summed E-state index contributed by atoms with van der Waals surface area (Å²) in [4.78, 5) is 11.0. The molecule has 0 atom stereocenters. The zero-order valence-electron chi connectivity index (χ0n) is 8.07. The Morgan fingerprint density at radius 2 is 2.23 bits per heavy atom. The molecule has 0 N–H and O–H groups in total. The first kappa shape index (κ1) is 12.6. The molecule has 0 aliphatic carbocycles. The molecule has 0 bridgehead atoms. The minimum absolute atomic E-state index is 0. The Labute approximate surface area is 92.8 Å². The van der Waals surface area contributed by atoms with Gasteiger partial charge in [0, 0.05) is 39.9 Å². The first-order chi connectivity index (χ1) is 5.65. The van der Waals surface area contributed by atoms with E-state index in [1.807, 2.05) is 23.9 Å². The Morgan fingerprint density at radius 1 is 1.62 bits per heavy atom. The predicted molar refractivity (Wildman–Crippen MR) is 48.4 cm³/mol. The Kier molecular flexibility index (Phi) is 5.19. The summed E-state index contributed by atoms with van der Waals surface area (Å²) in [6.07, 6.45) is 1.84. The van der Waals surface area contributed by atoms with Crippen molar-refractivity contribution in [3.8, 4) is 0 Å². The van der Waals surface area contributed by atoms with Crippen LogP contribution in [-0.2, 0) is 34.7 Å². The van der Waals surface area contributed by atoms with Gasteiger partial charge in [0.25, 0.3) is 0 Å². The number of carbonyl (C=O) groups excluding carboxylic acids is 1. The number of nitrogens with zero attached hydrogens (tertiary/aromatic N) is 2. The number of rotatable bonds is 3. The van der Waals surface area contributed by atoms with Crippen molar-refractivity contribution in [2.45, 2.75) is 13.5 Å². The average molecular weight is 349 g/mol. The third-order valence-corrected chi connectivity index (χ3v) is 1.83. The molecule has 0 aliphatic heterocycles. The van der Waals surface area contributed by atoms with Crippen LogP contribution in [0.1, 0.15) is 23.0 Å². The van der Waals surface area contributed by atoms with Crippen molar-refractivity contribution in [3.05, 3.63) is 28.8 Å². The smallest absolute Gasteiger partial charge is 0.161 e. The molecule has 0 unspecified atom stereocenters. The number of ketones is 1. The molecule has 0 aromatic carbocycles. The number of Topliss-reactive ketones (excluding diaryl/α,β-unsaturated/α-hetero) is 1. The van der Waals surface area contributed by atoms with Gasteiger partial charge in [-0.05, 0) is 18.7 Å². The molecule has 0 radical (unpaired) electrons. The summed E-state index contributed by atoms with van der Waals surface area (Å²) >= 11 is 0.